The Kier molecular flexibility index (Phi) is 3.05. The molecule has 98 valence electrons. The van der Waals surface area contributed by atoms with E-state index in [9.17, 15) is 4.79 Å². The lowest BCUT2D eigenvalue weighted by Gasteiger charge is -2.27. The minimum absolute atomic E-state index is 0.104. The molecule has 1 N–H and O–H groups in total. The molecule has 0 unspecified atom stereocenters. The van der Waals surface area contributed by atoms with Gasteiger partial charge in [0.15, 0.2) is 0 Å². The number of carboxylic acid groups (broad SMARTS) is 1. The first-order valence-electron chi connectivity index (χ1n) is 6.20. The van der Waals surface area contributed by atoms with E-state index in [1.54, 1.807) is 0 Å². The summed E-state index contributed by atoms with van der Waals surface area (Å²) in [7, 11) is 0. The van der Waals surface area contributed by atoms with Crippen LogP contribution in [0.3, 0.4) is 0 Å². The Morgan fingerprint density at radius 3 is 2.89 bits per heavy atom. The molecule has 0 radical (unpaired) electrons. The molecule has 5 heteroatoms. The molecule has 2 aromatic rings. The Hall–Kier alpha value is -2.14. The molecule has 0 spiro atoms. The highest BCUT2D eigenvalue weighted by Gasteiger charge is 2.18. The van der Waals surface area contributed by atoms with Crippen molar-refractivity contribution in [1.29, 1.82) is 0 Å². The molecule has 5 nitrogen and oxygen atoms in total. The van der Waals surface area contributed by atoms with Gasteiger partial charge in [0.05, 0.1) is 5.69 Å². The zero-order chi connectivity index (χ0) is 13.2. The van der Waals surface area contributed by atoms with E-state index in [0.717, 1.165) is 19.5 Å². The molecule has 0 fully saturated rings. The number of fused-ring (bicyclic) bond motifs is 1. The standard InChI is InChI=1S/C14H14N2O3/c17-14(18)13-7-12(15-19-13)9-16-6-5-10-3-1-2-4-11(10)8-16/h1-4,7H,5-6,8-9H2,(H,17,18). The predicted octanol–water partition coefficient (Wildman–Crippen LogP) is 1.93. The number of aromatic carboxylic acids is 1. The van der Waals surface area contributed by atoms with E-state index in [4.69, 9.17) is 9.63 Å². The average molecular weight is 258 g/mol. The van der Waals surface area contributed by atoms with Crippen LogP contribution in [0.5, 0.6) is 0 Å². The molecule has 0 saturated heterocycles. The van der Waals surface area contributed by atoms with Gasteiger partial charge in [-0.3, -0.25) is 4.90 Å². The van der Waals surface area contributed by atoms with Crippen LogP contribution in [0.2, 0.25) is 0 Å². The Labute approximate surface area is 110 Å². The monoisotopic (exact) mass is 258 g/mol. The number of benzene rings is 1. The third-order valence-corrected chi connectivity index (χ3v) is 3.37. The van der Waals surface area contributed by atoms with Crippen molar-refractivity contribution in [1.82, 2.24) is 10.1 Å². The maximum atomic E-state index is 10.7. The number of hydrogen-bond donors (Lipinski definition) is 1. The molecule has 19 heavy (non-hydrogen) atoms. The van der Waals surface area contributed by atoms with E-state index in [1.165, 1.54) is 17.2 Å². The second kappa shape index (κ2) is 4.85. The van der Waals surface area contributed by atoms with Crippen LogP contribution in [0.1, 0.15) is 27.4 Å². The number of rotatable bonds is 3. The van der Waals surface area contributed by atoms with Crippen LogP contribution in [-0.2, 0) is 19.5 Å². The lowest BCUT2D eigenvalue weighted by molar-refractivity contribution is 0.0652. The molecule has 0 aliphatic carbocycles. The molecule has 1 aromatic carbocycles. The number of aromatic nitrogens is 1. The lowest BCUT2D eigenvalue weighted by Crippen LogP contribution is -2.30. The summed E-state index contributed by atoms with van der Waals surface area (Å²) in [5.74, 6) is -1.19. The first-order chi connectivity index (χ1) is 9.22. The van der Waals surface area contributed by atoms with E-state index in [0.29, 0.717) is 12.2 Å². The Morgan fingerprint density at radius 2 is 2.16 bits per heavy atom. The van der Waals surface area contributed by atoms with E-state index >= 15 is 0 Å². The molecular formula is C14H14N2O3. The van der Waals surface area contributed by atoms with E-state index in [2.05, 4.69) is 28.3 Å². The van der Waals surface area contributed by atoms with Gasteiger partial charge in [-0.05, 0) is 17.5 Å². The van der Waals surface area contributed by atoms with Crippen molar-refractivity contribution in [2.75, 3.05) is 6.54 Å². The highest BCUT2D eigenvalue weighted by molar-refractivity contribution is 5.84. The van der Waals surface area contributed by atoms with Crippen LogP contribution < -0.4 is 0 Å². The number of nitrogens with zero attached hydrogens (tertiary/aromatic N) is 2. The number of hydrogen-bond acceptors (Lipinski definition) is 4. The SMILES string of the molecule is O=C(O)c1cc(CN2CCc3ccccc3C2)no1. The molecule has 0 amide bonds. The van der Waals surface area contributed by atoms with Crippen molar-refractivity contribution in [3.05, 3.63) is 52.9 Å². The minimum atomic E-state index is -1.08. The largest absolute Gasteiger partial charge is 0.475 e. The summed E-state index contributed by atoms with van der Waals surface area (Å²) in [6.07, 6.45) is 1.01. The maximum absolute atomic E-state index is 10.7. The third kappa shape index (κ3) is 2.51. The van der Waals surface area contributed by atoms with Gasteiger partial charge in [0.2, 0.25) is 5.76 Å². The topological polar surface area (TPSA) is 66.6 Å². The molecule has 0 bridgehead atoms. The molecule has 0 atom stereocenters. The van der Waals surface area contributed by atoms with Crippen molar-refractivity contribution in [2.45, 2.75) is 19.5 Å². The van der Waals surface area contributed by atoms with Gasteiger partial charge in [-0.25, -0.2) is 4.79 Å². The van der Waals surface area contributed by atoms with Crippen molar-refractivity contribution in [3.8, 4) is 0 Å². The fourth-order valence-corrected chi connectivity index (χ4v) is 2.41. The summed E-state index contributed by atoms with van der Waals surface area (Å²) in [4.78, 5) is 13.0. The summed E-state index contributed by atoms with van der Waals surface area (Å²) in [5, 5.41) is 12.6. The molecular weight excluding hydrogens is 244 g/mol. The van der Waals surface area contributed by atoms with Crippen molar-refractivity contribution >= 4 is 5.97 Å². The third-order valence-electron chi connectivity index (χ3n) is 3.37. The molecule has 0 saturated carbocycles. The zero-order valence-electron chi connectivity index (χ0n) is 10.4. The summed E-state index contributed by atoms with van der Waals surface area (Å²) < 4.78 is 4.76. The minimum Gasteiger partial charge on any atom is -0.475 e. The van der Waals surface area contributed by atoms with Crippen LogP contribution in [0.15, 0.2) is 34.9 Å². The highest BCUT2D eigenvalue weighted by atomic mass is 16.5. The van der Waals surface area contributed by atoms with Gasteiger partial charge in [0, 0.05) is 25.7 Å². The number of carbonyl (C=O) groups is 1. The summed E-state index contributed by atoms with van der Waals surface area (Å²) in [6.45, 7) is 2.43. The Bertz CT molecular complexity index is 606. The highest BCUT2D eigenvalue weighted by Crippen LogP contribution is 2.20. The van der Waals surface area contributed by atoms with Crippen LogP contribution in [0, 0.1) is 0 Å². The molecule has 3 rings (SSSR count). The van der Waals surface area contributed by atoms with Crippen LogP contribution in [0.4, 0.5) is 0 Å². The Morgan fingerprint density at radius 1 is 1.37 bits per heavy atom. The van der Waals surface area contributed by atoms with Crippen molar-refractivity contribution < 1.29 is 14.4 Å². The van der Waals surface area contributed by atoms with Gasteiger partial charge in [-0.15, -0.1) is 0 Å². The molecule has 1 aliphatic heterocycles. The van der Waals surface area contributed by atoms with Crippen LogP contribution >= 0.6 is 0 Å². The lowest BCUT2D eigenvalue weighted by atomic mass is 10.00. The van der Waals surface area contributed by atoms with E-state index < -0.39 is 5.97 Å². The fourth-order valence-electron chi connectivity index (χ4n) is 2.41. The van der Waals surface area contributed by atoms with Gasteiger partial charge in [0.25, 0.3) is 0 Å². The second-order valence-electron chi connectivity index (χ2n) is 4.72. The quantitative estimate of drug-likeness (QED) is 0.911. The van der Waals surface area contributed by atoms with E-state index in [1.807, 2.05) is 6.07 Å². The van der Waals surface area contributed by atoms with Gasteiger partial charge in [0.1, 0.15) is 0 Å². The van der Waals surface area contributed by atoms with Crippen LogP contribution in [0.25, 0.3) is 0 Å². The molecule has 1 aliphatic rings. The summed E-state index contributed by atoms with van der Waals surface area (Å²) in [5.41, 5.74) is 3.39. The first-order valence-corrected chi connectivity index (χ1v) is 6.20. The average Bonchev–Trinajstić information content (AvgIpc) is 2.87. The van der Waals surface area contributed by atoms with Crippen molar-refractivity contribution in [2.24, 2.45) is 0 Å². The van der Waals surface area contributed by atoms with Crippen LogP contribution in [-0.4, -0.2) is 27.7 Å². The maximum Gasteiger partial charge on any atom is 0.374 e. The normalized spacial score (nSPS) is 15.2. The van der Waals surface area contributed by atoms with Gasteiger partial charge >= 0.3 is 5.97 Å². The summed E-state index contributed by atoms with van der Waals surface area (Å²) >= 11 is 0. The van der Waals surface area contributed by atoms with Gasteiger partial charge < -0.3 is 9.63 Å². The van der Waals surface area contributed by atoms with Gasteiger partial charge in [-0.1, -0.05) is 29.4 Å². The second-order valence-corrected chi connectivity index (χ2v) is 4.72. The number of carboxylic acids is 1. The zero-order valence-corrected chi connectivity index (χ0v) is 10.4. The van der Waals surface area contributed by atoms with Gasteiger partial charge in [-0.2, -0.15) is 0 Å². The smallest absolute Gasteiger partial charge is 0.374 e. The first kappa shape index (κ1) is 11.9. The van der Waals surface area contributed by atoms with E-state index in [-0.39, 0.29) is 5.76 Å². The predicted molar refractivity (Wildman–Crippen MR) is 67.7 cm³/mol. The fraction of sp³-hybridized carbons (Fsp3) is 0.286. The summed E-state index contributed by atoms with van der Waals surface area (Å²) in [6, 6.07) is 9.88. The molecule has 2 heterocycles. The van der Waals surface area contributed by atoms with Crippen molar-refractivity contribution in [3.63, 3.8) is 0 Å². The molecule has 1 aromatic heterocycles. The Balaban J connectivity index is 1.70.